The molecule has 0 aliphatic heterocycles. The van der Waals surface area contributed by atoms with Gasteiger partial charge in [0.05, 0.1) is 23.4 Å². The zero-order chi connectivity index (χ0) is 12.8. The van der Waals surface area contributed by atoms with Crippen LogP contribution in [-0.2, 0) is 0 Å². The van der Waals surface area contributed by atoms with Crippen molar-refractivity contribution < 1.29 is 9.90 Å². The van der Waals surface area contributed by atoms with Crippen molar-refractivity contribution in [3.63, 3.8) is 0 Å². The van der Waals surface area contributed by atoms with E-state index in [2.05, 4.69) is 26.6 Å². The first-order valence-corrected chi connectivity index (χ1v) is 6.37. The van der Waals surface area contributed by atoms with Crippen LogP contribution in [0.3, 0.4) is 0 Å². The van der Waals surface area contributed by atoms with Gasteiger partial charge in [-0.15, -0.1) is 0 Å². The summed E-state index contributed by atoms with van der Waals surface area (Å²) in [6.45, 7) is 1.80. The number of carbonyl (C=O) groups is 1. The van der Waals surface area contributed by atoms with Crippen molar-refractivity contribution in [2.45, 2.75) is 19.4 Å². The van der Waals surface area contributed by atoms with Crippen LogP contribution in [0.25, 0.3) is 0 Å². The number of hydrogen-bond donors (Lipinski definition) is 3. The molecule has 1 atom stereocenters. The highest BCUT2D eigenvalue weighted by Crippen LogP contribution is 2.25. The van der Waals surface area contributed by atoms with Crippen LogP contribution in [0.4, 0.5) is 10.5 Å². The molecule has 0 fully saturated rings. The third-order valence-corrected chi connectivity index (χ3v) is 3.03. The summed E-state index contributed by atoms with van der Waals surface area (Å²) in [6, 6.07) is 4.55. The lowest BCUT2D eigenvalue weighted by Gasteiger charge is -2.15. The van der Waals surface area contributed by atoms with Gasteiger partial charge in [-0.05, 0) is 24.6 Å². The number of aliphatic hydroxyl groups is 1. The Kier molecular flexibility index (Phi) is 5.74. The van der Waals surface area contributed by atoms with E-state index in [1.54, 1.807) is 18.2 Å². The fourth-order valence-corrected chi connectivity index (χ4v) is 1.93. The Morgan fingerprint density at radius 2 is 2.29 bits per heavy atom. The molecule has 0 aliphatic rings. The van der Waals surface area contributed by atoms with E-state index in [0.29, 0.717) is 17.1 Å². The van der Waals surface area contributed by atoms with Crippen LogP contribution in [0.1, 0.15) is 13.3 Å². The van der Waals surface area contributed by atoms with E-state index in [1.807, 2.05) is 6.92 Å². The number of nitrogens with one attached hydrogen (secondary N) is 2. The van der Waals surface area contributed by atoms with Crippen LogP contribution in [0.15, 0.2) is 22.7 Å². The molecular formula is C11H14BrClN2O2. The van der Waals surface area contributed by atoms with Gasteiger partial charge in [-0.1, -0.05) is 34.5 Å². The Labute approximate surface area is 113 Å². The minimum Gasteiger partial charge on any atom is -0.394 e. The molecule has 0 radical (unpaired) electrons. The Hall–Kier alpha value is -0.780. The van der Waals surface area contributed by atoms with Gasteiger partial charge in [0.2, 0.25) is 0 Å². The molecule has 0 heterocycles. The molecule has 0 saturated heterocycles. The zero-order valence-corrected chi connectivity index (χ0v) is 11.7. The Balaban J connectivity index is 2.62. The summed E-state index contributed by atoms with van der Waals surface area (Å²) in [6.07, 6.45) is 0.665. The molecule has 4 nitrogen and oxygen atoms in total. The van der Waals surface area contributed by atoms with Crippen molar-refractivity contribution in [3.05, 3.63) is 27.7 Å². The maximum Gasteiger partial charge on any atom is 0.319 e. The molecular weight excluding hydrogens is 307 g/mol. The molecule has 3 N–H and O–H groups in total. The predicted octanol–water partition coefficient (Wildman–Crippen LogP) is 2.99. The SMILES string of the molecule is CCC(CO)NC(=O)Nc1ccc(Br)cc1Cl. The molecule has 6 heteroatoms. The maximum atomic E-state index is 11.6. The lowest BCUT2D eigenvalue weighted by Crippen LogP contribution is -2.39. The van der Waals surface area contributed by atoms with Crippen LogP contribution in [0.2, 0.25) is 5.02 Å². The fourth-order valence-electron chi connectivity index (χ4n) is 1.21. The van der Waals surface area contributed by atoms with Gasteiger partial charge in [-0.2, -0.15) is 0 Å². The van der Waals surface area contributed by atoms with Gasteiger partial charge < -0.3 is 15.7 Å². The molecule has 1 aromatic rings. The lowest BCUT2D eigenvalue weighted by atomic mass is 10.2. The quantitative estimate of drug-likeness (QED) is 0.798. The number of anilines is 1. The number of halogens is 2. The van der Waals surface area contributed by atoms with Crippen molar-refractivity contribution in [3.8, 4) is 0 Å². The normalized spacial score (nSPS) is 12.0. The summed E-state index contributed by atoms with van der Waals surface area (Å²) < 4.78 is 0.843. The van der Waals surface area contributed by atoms with Crippen molar-refractivity contribution in [1.82, 2.24) is 5.32 Å². The largest absolute Gasteiger partial charge is 0.394 e. The molecule has 0 aromatic heterocycles. The summed E-state index contributed by atoms with van der Waals surface area (Å²) >= 11 is 9.24. The van der Waals surface area contributed by atoms with Crippen LogP contribution in [0.5, 0.6) is 0 Å². The summed E-state index contributed by atoms with van der Waals surface area (Å²) in [4.78, 5) is 11.6. The second-order valence-electron chi connectivity index (χ2n) is 3.51. The van der Waals surface area contributed by atoms with E-state index in [-0.39, 0.29) is 18.7 Å². The third kappa shape index (κ3) is 4.53. The van der Waals surface area contributed by atoms with E-state index in [9.17, 15) is 4.79 Å². The number of carbonyl (C=O) groups excluding carboxylic acids is 1. The Bertz CT molecular complexity index is 397. The standard InChI is InChI=1S/C11H14BrClN2O2/c1-2-8(6-16)14-11(17)15-10-4-3-7(12)5-9(10)13/h3-5,8,16H,2,6H2,1H3,(H2,14,15,17). The van der Waals surface area contributed by atoms with E-state index < -0.39 is 0 Å². The first kappa shape index (κ1) is 14.3. The summed E-state index contributed by atoms with van der Waals surface area (Å²) in [5.74, 6) is 0. The maximum absolute atomic E-state index is 11.6. The predicted molar refractivity (Wildman–Crippen MR) is 72.5 cm³/mol. The third-order valence-electron chi connectivity index (χ3n) is 2.23. The summed E-state index contributed by atoms with van der Waals surface area (Å²) in [5, 5.41) is 14.7. The van der Waals surface area contributed by atoms with Crippen LogP contribution in [-0.4, -0.2) is 23.8 Å². The minimum atomic E-state index is -0.380. The molecule has 1 unspecified atom stereocenters. The summed E-state index contributed by atoms with van der Waals surface area (Å²) in [5.41, 5.74) is 0.528. The number of urea groups is 1. The first-order valence-electron chi connectivity index (χ1n) is 5.20. The first-order chi connectivity index (χ1) is 8.06. The molecule has 0 saturated carbocycles. The molecule has 0 bridgehead atoms. The number of hydrogen-bond acceptors (Lipinski definition) is 2. The van der Waals surface area contributed by atoms with Gasteiger partial charge in [0.25, 0.3) is 0 Å². The monoisotopic (exact) mass is 320 g/mol. The van der Waals surface area contributed by atoms with Crippen LogP contribution >= 0.6 is 27.5 Å². The number of benzene rings is 1. The van der Waals surface area contributed by atoms with Gasteiger partial charge in [-0.3, -0.25) is 0 Å². The van der Waals surface area contributed by atoms with E-state index in [1.165, 1.54) is 0 Å². The van der Waals surface area contributed by atoms with Crippen molar-refractivity contribution >= 4 is 39.2 Å². The lowest BCUT2D eigenvalue weighted by molar-refractivity contribution is 0.222. The highest BCUT2D eigenvalue weighted by molar-refractivity contribution is 9.10. The second kappa shape index (κ2) is 6.83. The van der Waals surface area contributed by atoms with Crippen LogP contribution in [0, 0.1) is 0 Å². The topological polar surface area (TPSA) is 61.4 Å². The number of rotatable bonds is 4. The number of amides is 2. The van der Waals surface area contributed by atoms with Crippen molar-refractivity contribution in [1.29, 1.82) is 0 Å². The summed E-state index contributed by atoms with van der Waals surface area (Å²) in [7, 11) is 0. The Morgan fingerprint density at radius 1 is 1.59 bits per heavy atom. The molecule has 94 valence electrons. The van der Waals surface area contributed by atoms with Gasteiger partial charge >= 0.3 is 6.03 Å². The number of aliphatic hydroxyl groups excluding tert-OH is 1. The Morgan fingerprint density at radius 3 is 2.82 bits per heavy atom. The van der Waals surface area contributed by atoms with Gasteiger partial charge in [-0.25, -0.2) is 4.79 Å². The smallest absolute Gasteiger partial charge is 0.319 e. The van der Waals surface area contributed by atoms with E-state index >= 15 is 0 Å². The molecule has 0 aliphatic carbocycles. The van der Waals surface area contributed by atoms with Gasteiger partial charge in [0.15, 0.2) is 0 Å². The minimum absolute atomic E-state index is 0.0853. The van der Waals surface area contributed by atoms with Crippen molar-refractivity contribution in [2.75, 3.05) is 11.9 Å². The average Bonchev–Trinajstić information content (AvgIpc) is 2.29. The second-order valence-corrected chi connectivity index (χ2v) is 4.83. The average molecular weight is 322 g/mol. The molecule has 0 spiro atoms. The highest BCUT2D eigenvalue weighted by Gasteiger charge is 2.10. The zero-order valence-electron chi connectivity index (χ0n) is 9.34. The fraction of sp³-hybridized carbons (Fsp3) is 0.364. The van der Waals surface area contributed by atoms with Gasteiger partial charge in [0.1, 0.15) is 0 Å². The molecule has 1 rings (SSSR count). The van der Waals surface area contributed by atoms with E-state index in [0.717, 1.165) is 4.47 Å². The van der Waals surface area contributed by atoms with Crippen LogP contribution < -0.4 is 10.6 Å². The van der Waals surface area contributed by atoms with E-state index in [4.69, 9.17) is 16.7 Å². The molecule has 2 amide bonds. The molecule has 1 aromatic carbocycles. The molecule has 17 heavy (non-hydrogen) atoms. The highest BCUT2D eigenvalue weighted by atomic mass is 79.9. The van der Waals surface area contributed by atoms with Crippen molar-refractivity contribution in [2.24, 2.45) is 0 Å². The van der Waals surface area contributed by atoms with Gasteiger partial charge in [0, 0.05) is 4.47 Å².